The number of nitrogens with zero attached hydrogens (tertiary/aromatic N) is 1. The fourth-order valence-corrected chi connectivity index (χ4v) is 3.24. The number of likely N-dealkylation sites (tertiary alicyclic amines) is 1. The van der Waals surface area contributed by atoms with Crippen LogP contribution < -0.4 is 10.6 Å². The van der Waals surface area contributed by atoms with E-state index < -0.39 is 54.3 Å². The summed E-state index contributed by atoms with van der Waals surface area (Å²) >= 11 is 0. The van der Waals surface area contributed by atoms with E-state index >= 15 is 0 Å². The quantitative estimate of drug-likeness (QED) is 0.352. The van der Waals surface area contributed by atoms with E-state index in [-0.39, 0.29) is 19.5 Å². The highest BCUT2D eigenvalue weighted by atomic mass is 16.6. The first-order chi connectivity index (χ1) is 11.3. The third-order valence-corrected chi connectivity index (χ3v) is 4.57. The molecule has 24 heavy (non-hydrogen) atoms. The molecule has 0 unspecified atom stereocenters. The molecular formula is C14H23N3O7. The van der Waals surface area contributed by atoms with E-state index in [1.54, 1.807) is 0 Å². The minimum atomic E-state index is -1.34. The van der Waals surface area contributed by atoms with Crippen molar-refractivity contribution in [3.63, 3.8) is 0 Å². The van der Waals surface area contributed by atoms with E-state index in [1.807, 2.05) is 0 Å². The van der Waals surface area contributed by atoms with Crippen molar-refractivity contribution in [2.24, 2.45) is 0 Å². The van der Waals surface area contributed by atoms with Gasteiger partial charge in [-0.3, -0.25) is 14.4 Å². The number of rotatable bonds is 4. The lowest BCUT2D eigenvalue weighted by Gasteiger charge is -2.26. The van der Waals surface area contributed by atoms with Gasteiger partial charge >= 0.3 is 0 Å². The number of ether oxygens (including phenoxy) is 1. The van der Waals surface area contributed by atoms with Crippen molar-refractivity contribution < 1.29 is 34.4 Å². The molecule has 0 saturated carbocycles. The van der Waals surface area contributed by atoms with Crippen LogP contribution in [0.3, 0.4) is 0 Å². The van der Waals surface area contributed by atoms with E-state index in [0.29, 0.717) is 0 Å². The Morgan fingerprint density at radius 1 is 1.33 bits per heavy atom. The Balaban J connectivity index is 2.16. The van der Waals surface area contributed by atoms with Gasteiger partial charge < -0.3 is 35.6 Å². The predicted molar refractivity (Wildman–Crippen MR) is 79.6 cm³/mol. The van der Waals surface area contributed by atoms with E-state index in [4.69, 9.17) is 4.74 Å². The van der Waals surface area contributed by atoms with Crippen LogP contribution in [0.1, 0.15) is 13.3 Å². The number of carbonyl (C=O) groups is 3. The Morgan fingerprint density at radius 3 is 2.50 bits per heavy atom. The molecule has 5 N–H and O–H groups in total. The summed E-state index contributed by atoms with van der Waals surface area (Å²) in [6, 6.07) is -0.938. The largest absolute Gasteiger partial charge is 0.394 e. The summed E-state index contributed by atoms with van der Waals surface area (Å²) in [5.41, 5.74) is -1.33. The lowest BCUT2D eigenvalue weighted by Crippen LogP contribution is -2.47. The zero-order chi connectivity index (χ0) is 18.1. The van der Waals surface area contributed by atoms with E-state index in [9.17, 15) is 29.7 Å². The third kappa shape index (κ3) is 3.22. The molecule has 2 aliphatic heterocycles. The maximum atomic E-state index is 12.3. The van der Waals surface area contributed by atoms with Crippen LogP contribution in [0.25, 0.3) is 0 Å². The Labute approximate surface area is 138 Å². The topological polar surface area (TPSA) is 148 Å². The molecule has 2 heterocycles. The zero-order valence-corrected chi connectivity index (χ0v) is 13.6. The molecule has 10 heteroatoms. The van der Waals surface area contributed by atoms with Crippen LogP contribution in [-0.2, 0) is 19.1 Å². The number of hydrogen-bond acceptors (Lipinski definition) is 7. The molecule has 0 aromatic heterocycles. The molecule has 1 spiro atoms. The molecule has 0 aromatic rings. The van der Waals surface area contributed by atoms with Crippen molar-refractivity contribution in [2.45, 2.75) is 43.3 Å². The van der Waals surface area contributed by atoms with Gasteiger partial charge in [0, 0.05) is 20.4 Å². The summed E-state index contributed by atoms with van der Waals surface area (Å²) in [5.74, 6) is -1.34. The summed E-state index contributed by atoms with van der Waals surface area (Å²) in [6.45, 7) is 0.456. The Kier molecular flexibility index (Phi) is 5.43. The lowest BCUT2D eigenvalue weighted by atomic mass is 9.91. The molecule has 5 atom stereocenters. The van der Waals surface area contributed by atoms with E-state index in [1.165, 1.54) is 18.9 Å². The van der Waals surface area contributed by atoms with Crippen LogP contribution in [0.5, 0.6) is 0 Å². The van der Waals surface area contributed by atoms with Crippen molar-refractivity contribution >= 4 is 17.7 Å². The number of nitrogens with one attached hydrogen (secondary N) is 2. The van der Waals surface area contributed by atoms with Gasteiger partial charge in [0.05, 0.1) is 19.7 Å². The zero-order valence-electron chi connectivity index (χ0n) is 13.6. The molecule has 3 amide bonds. The fourth-order valence-electron chi connectivity index (χ4n) is 3.24. The summed E-state index contributed by atoms with van der Waals surface area (Å²) in [7, 11) is 1.43. The van der Waals surface area contributed by atoms with Gasteiger partial charge in [-0.25, -0.2) is 0 Å². The Hall–Kier alpha value is -1.75. The average molecular weight is 345 g/mol. The molecule has 136 valence electrons. The molecule has 2 rings (SSSR count). The Morgan fingerprint density at radius 2 is 2.00 bits per heavy atom. The van der Waals surface area contributed by atoms with Crippen LogP contribution >= 0.6 is 0 Å². The first-order valence-corrected chi connectivity index (χ1v) is 7.66. The number of aliphatic hydroxyl groups excluding tert-OH is 3. The maximum Gasteiger partial charge on any atom is 0.243 e. The molecule has 2 aliphatic rings. The van der Waals surface area contributed by atoms with E-state index in [2.05, 4.69) is 10.6 Å². The van der Waals surface area contributed by atoms with Crippen molar-refractivity contribution in [1.82, 2.24) is 15.5 Å². The normalized spacial score (nSPS) is 35.3. The van der Waals surface area contributed by atoms with E-state index in [0.717, 1.165) is 0 Å². The lowest BCUT2D eigenvalue weighted by molar-refractivity contribution is -0.137. The first-order valence-electron chi connectivity index (χ1n) is 7.66. The van der Waals surface area contributed by atoms with Crippen LogP contribution in [0.4, 0.5) is 0 Å². The highest BCUT2D eigenvalue weighted by Crippen LogP contribution is 2.41. The predicted octanol–water partition coefficient (Wildman–Crippen LogP) is -3.68. The molecule has 0 bridgehead atoms. The number of carbonyl (C=O) groups excluding carboxylic acids is 3. The Bertz CT molecular complexity index is 528. The minimum absolute atomic E-state index is 0.0408. The van der Waals surface area contributed by atoms with Gasteiger partial charge in [0.15, 0.2) is 0 Å². The smallest absolute Gasteiger partial charge is 0.243 e. The van der Waals surface area contributed by atoms with Crippen LogP contribution in [0.15, 0.2) is 0 Å². The SMILES string of the molecule is CNC(=O)CNC(=O)[C@H]1C[C@@]2(CN1C(C)=O)O[C@H](CO)[C@@H](O)[C@@H]2O. The highest BCUT2D eigenvalue weighted by Gasteiger charge is 2.60. The summed E-state index contributed by atoms with van der Waals surface area (Å²) in [4.78, 5) is 36.7. The van der Waals surface area contributed by atoms with Gasteiger partial charge in [-0.15, -0.1) is 0 Å². The molecular weight excluding hydrogens is 322 g/mol. The summed E-state index contributed by atoms with van der Waals surface area (Å²) in [6.07, 6.45) is -3.67. The maximum absolute atomic E-state index is 12.3. The number of amides is 3. The average Bonchev–Trinajstić information content (AvgIpc) is 3.06. The van der Waals surface area contributed by atoms with Gasteiger partial charge in [-0.05, 0) is 0 Å². The second-order valence-electron chi connectivity index (χ2n) is 6.10. The first kappa shape index (κ1) is 18.6. The monoisotopic (exact) mass is 345 g/mol. The minimum Gasteiger partial charge on any atom is -0.394 e. The molecule has 2 saturated heterocycles. The molecule has 2 fully saturated rings. The standard InChI is InChI=1S/C14H23N3O7/c1-7(19)17-6-14(12(22)11(21)9(5-18)24-14)3-8(17)13(23)16-4-10(20)15-2/h8-9,11-12,18,21-22H,3-6H2,1-2H3,(H,15,20)(H,16,23)/t8-,9-,11-,12+,14+/m1/s1. The van der Waals surface area contributed by atoms with Crippen LogP contribution in [-0.4, -0.2) is 94.6 Å². The van der Waals surface area contributed by atoms with Gasteiger partial charge in [0.25, 0.3) is 0 Å². The van der Waals surface area contributed by atoms with Crippen molar-refractivity contribution in [3.8, 4) is 0 Å². The summed E-state index contributed by atoms with van der Waals surface area (Å²) < 4.78 is 5.59. The van der Waals surface area contributed by atoms with Crippen LogP contribution in [0, 0.1) is 0 Å². The molecule has 0 aromatic carbocycles. The van der Waals surface area contributed by atoms with Gasteiger partial charge in [0.2, 0.25) is 17.7 Å². The van der Waals surface area contributed by atoms with Crippen molar-refractivity contribution in [1.29, 1.82) is 0 Å². The number of hydrogen-bond donors (Lipinski definition) is 5. The summed E-state index contributed by atoms with van der Waals surface area (Å²) in [5, 5.41) is 34.2. The van der Waals surface area contributed by atoms with Gasteiger partial charge in [-0.2, -0.15) is 0 Å². The highest BCUT2D eigenvalue weighted by molar-refractivity contribution is 5.90. The van der Waals surface area contributed by atoms with Gasteiger partial charge in [-0.1, -0.05) is 0 Å². The van der Waals surface area contributed by atoms with Crippen LogP contribution in [0.2, 0.25) is 0 Å². The second kappa shape index (κ2) is 7.01. The molecule has 0 radical (unpaired) electrons. The van der Waals surface area contributed by atoms with Gasteiger partial charge in [0.1, 0.15) is 30.0 Å². The van der Waals surface area contributed by atoms with Crippen molar-refractivity contribution in [2.75, 3.05) is 26.7 Å². The molecule has 0 aliphatic carbocycles. The fraction of sp³-hybridized carbons (Fsp3) is 0.786. The molecule has 10 nitrogen and oxygen atoms in total. The second-order valence-corrected chi connectivity index (χ2v) is 6.10. The number of aliphatic hydroxyl groups is 3. The van der Waals surface area contributed by atoms with Crippen molar-refractivity contribution in [3.05, 3.63) is 0 Å². The third-order valence-electron chi connectivity index (χ3n) is 4.57. The number of likely N-dealkylation sites (N-methyl/N-ethyl adjacent to an activating group) is 1.